The van der Waals surface area contributed by atoms with Crippen LogP contribution in [0.4, 0.5) is 0 Å². The Balaban J connectivity index is 3.07. The fraction of sp³-hybridized carbons (Fsp3) is 0.500. The molecule has 66 valence electrons. The minimum absolute atomic E-state index is 0.00704. The topological polar surface area (TPSA) is 30.7 Å². The van der Waals surface area contributed by atoms with Crippen LogP contribution in [0.1, 0.15) is 26.6 Å². The molecule has 3 nitrogen and oxygen atoms in total. The first-order chi connectivity index (χ1) is 5.55. The molecule has 0 N–H and O–H groups in total. The fourth-order valence-corrected chi connectivity index (χ4v) is 1.07. The molecule has 1 aromatic rings. The van der Waals surface area contributed by atoms with Gasteiger partial charge < -0.3 is 0 Å². The van der Waals surface area contributed by atoms with E-state index in [1.165, 1.54) is 5.54 Å². The average molecular weight is 186 g/mol. The maximum absolute atomic E-state index is 5.46. The predicted octanol–water partition coefficient (Wildman–Crippen LogP) is 2.24. The van der Waals surface area contributed by atoms with Gasteiger partial charge in [-0.2, -0.15) is 0 Å². The Hall–Kier alpha value is -0.830. The molecule has 0 aliphatic heterocycles. The number of halogens is 1. The molecule has 1 rings (SSSR count). The Morgan fingerprint density at radius 2 is 2.17 bits per heavy atom. The highest BCUT2D eigenvalue weighted by Crippen LogP contribution is 2.19. The van der Waals surface area contributed by atoms with Gasteiger partial charge in [-0.05, 0) is 0 Å². The standard InChI is InChI=1S/C8H12ClN3/c1-8(2,3)7-11-10-6-12(7)5-4-9/h4-6H,1-3H3/b5-4+. The van der Waals surface area contributed by atoms with Gasteiger partial charge in [0.15, 0.2) is 0 Å². The van der Waals surface area contributed by atoms with Gasteiger partial charge in [0.05, 0.1) is 0 Å². The molecule has 0 bridgehead atoms. The summed E-state index contributed by atoms with van der Waals surface area (Å²) in [4.78, 5) is 0. The van der Waals surface area contributed by atoms with Crippen LogP contribution in [-0.4, -0.2) is 14.8 Å². The number of hydrogen-bond donors (Lipinski definition) is 0. The lowest BCUT2D eigenvalue weighted by Crippen LogP contribution is -2.16. The van der Waals surface area contributed by atoms with Gasteiger partial charge in [0.1, 0.15) is 12.2 Å². The van der Waals surface area contributed by atoms with E-state index in [1.807, 2.05) is 4.57 Å². The molecule has 12 heavy (non-hydrogen) atoms. The predicted molar refractivity (Wildman–Crippen MR) is 49.9 cm³/mol. The Morgan fingerprint density at radius 3 is 2.67 bits per heavy atom. The number of nitrogens with zero attached hydrogens (tertiary/aromatic N) is 3. The Labute approximate surface area is 77.1 Å². The van der Waals surface area contributed by atoms with E-state index < -0.39 is 0 Å². The molecule has 1 aromatic heterocycles. The SMILES string of the molecule is CC(C)(C)c1nncn1/C=C/Cl. The normalized spacial score (nSPS) is 12.7. The highest BCUT2D eigenvalue weighted by Gasteiger charge is 2.19. The van der Waals surface area contributed by atoms with Crippen molar-refractivity contribution in [3.05, 3.63) is 17.7 Å². The van der Waals surface area contributed by atoms with Gasteiger partial charge >= 0.3 is 0 Å². The van der Waals surface area contributed by atoms with E-state index in [4.69, 9.17) is 11.6 Å². The lowest BCUT2D eigenvalue weighted by molar-refractivity contribution is 0.537. The van der Waals surface area contributed by atoms with Gasteiger partial charge in [0.25, 0.3) is 0 Å². The lowest BCUT2D eigenvalue weighted by Gasteiger charge is -2.16. The zero-order valence-corrected chi connectivity index (χ0v) is 8.21. The molecule has 4 heteroatoms. The third kappa shape index (κ3) is 1.85. The minimum atomic E-state index is -0.00704. The van der Waals surface area contributed by atoms with Gasteiger partial charge in [-0.15, -0.1) is 10.2 Å². The zero-order chi connectivity index (χ0) is 9.19. The summed E-state index contributed by atoms with van der Waals surface area (Å²) < 4.78 is 1.81. The molecular weight excluding hydrogens is 174 g/mol. The number of hydrogen-bond acceptors (Lipinski definition) is 2. The van der Waals surface area contributed by atoms with Crippen LogP contribution in [0.15, 0.2) is 11.9 Å². The first-order valence-electron chi connectivity index (χ1n) is 3.72. The van der Waals surface area contributed by atoms with Crippen molar-refractivity contribution in [2.75, 3.05) is 0 Å². The summed E-state index contributed by atoms with van der Waals surface area (Å²) in [5.41, 5.74) is 1.44. The van der Waals surface area contributed by atoms with E-state index >= 15 is 0 Å². The molecule has 0 unspecified atom stereocenters. The van der Waals surface area contributed by atoms with Gasteiger partial charge in [0.2, 0.25) is 0 Å². The quantitative estimate of drug-likeness (QED) is 0.672. The molecular formula is C8H12ClN3. The highest BCUT2D eigenvalue weighted by atomic mass is 35.5. The molecule has 0 fully saturated rings. The monoisotopic (exact) mass is 185 g/mol. The third-order valence-corrected chi connectivity index (χ3v) is 1.57. The van der Waals surface area contributed by atoms with Crippen molar-refractivity contribution in [3.8, 4) is 0 Å². The molecule has 0 aromatic carbocycles. The molecule has 0 aliphatic rings. The first-order valence-corrected chi connectivity index (χ1v) is 4.16. The maximum Gasteiger partial charge on any atom is 0.142 e. The van der Waals surface area contributed by atoms with Crippen LogP contribution in [-0.2, 0) is 5.41 Å². The van der Waals surface area contributed by atoms with Crippen molar-refractivity contribution < 1.29 is 0 Å². The zero-order valence-electron chi connectivity index (χ0n) is 7.45. The third-order valence-electron chi connectivity index (χ3n) is 1.46. The van der Waals surface area contributed by atoms with E-state index in [0.29, 0.717) is 0 Å². The van der Waals surface area contributed by atoms with E-state index in [1.54, 1.807) is 12.5 Å². The molecule has 0 radical (unpaired) electrons. The van der Waals surface area contributed by atoms with Crippen molar-refractivity contribution in [2.45, 2.75) is 26.2 Å². The average Bonchev–Trinajstić information content (AvgIpc) is 2.34. The van der Waals surface area contributed by atoms with Crippen LogP contribution >= 0.6 is 11.6 Å². The largest absolute Gasteiger partial charge is 0.291 e. The molecule has 0 saturated heterocycles. The number of aromatic nitrogens is 3. The van der Waals surface area contributed by atoms with Crippen molar-refractivity contribution in [3.63, 3.8) is 0 Å². The molecule has 0 aliphatic carbocycles. The molecule has 0 spiro atoms. The molecule has 0 amide bonds. The molecule has 1 heterocycles. The van der Waals surface area contributed by atoms with Crippen LogP contribution < -0.4 is 0 Å². The summed E-state index contributed by atoms with van der Waals surface area (Å²) >= 11 is 5.46. The highest BCUT2D eigenvalue weighted by molar-refractivity contribution is 6.26. The minimum Gasteiger partial charge on any atom is -0.291 e. The Bertz CT molecular complexity index is 283. The Morgan fingerprint density at radius 1 is 1.50 bits per heavy atom. The summed E-state index contributed by atoms with van der Waals surface area (Å²) in [5.74, 6) is 0.902. The van der Waals surface area contributed by atoms with Gasteiger partial charge in [-0.25, -0.2) is 0 Å². The smallest absolute Gasteiger partial charge is 0.142 e. The van der Waals surface area contributed by atoms with Crippen molar-refractivity contribution >= 4 is 17.8 Å². The molecule has 0 atom stereocenters. The van der Waals surface area contributed by atoms with E-state index in [9.17, 15) is 0 Å². The van der Waals surface area contributed by atoms with Crippen LogP contribution in [0.2, 0.25) is 0 Å². The van der Waals surface area contributed by atoms with Crippen molar-refractivity contribution in [2.24, 2.45) is 0 Å². The Kier molecular flexibility index (Phi) is 2.52. The van der Waals surface area contributed by atoms with Crippen molar-refractivity contribution in [1.82, 2.24) is 14.8 Å². The van der Waals surface area contributed by atoms with Gasteiger partial charge in [0, 0.05) is 17.2 Å². The summed E-state index contributed by atoms with van der Waals surface area (Å²) in [6.07, 6.45) is 3.36. The second-order valence-corrected chi connectivity index (χ2v) is 3.84. The van der Waals surface area contributed by atoms with Crippen molar-refractivity contribution in [1.29, 1.82) is 0 Å². The van der Waals surface area contributed by atoms with Crippen LogP contribution in [0.5, 0.6) is 0 Å². The fourth-order valence-electron chi connectivity index (χ4n) is 0.950. The van der Waals surface area contributed by atoms with Gasteiger partial charge in [-0.1, -0.05) is 32.4 Å². The summed E-state index contributed by atoms with van der Waals surface area (Å²) in [5, 5.41) is 7.82. The molecule has 0 saturated carbocycles. The van der Waals surface area contributed by atoms with Crippen LogP contribution in [0.3, 0.4) is 0 Å². The van der Waals surface area contributed by atoms with E-state index in [2.05, 4.69) is 31.0 Å². The van der Waals surface area contributed by atoms with E-state index in [0.717, 1.165) is 5.82 Å². The summed E-state index contributed by atoms with van der Waals surface area (Å²) in [6, 6.07) is 0. The lowest BCUT2D eigenvalue weighted by atomic mass is 9.96. The maximum atomic E-state index is 5.46. The number of rotatable bonds is 1. The van der Waals surface area contributed by atoms with Gasteiger partial charge in [-0.3, -0.25) is 4.57 Å². The first kappa shape index (κ1) is 9.26. The second kappa shape index (κ2) is 3.27. The second-order valence-electron chi connectivity index (χ2n) is 3.59. The summed E-state index contributed by atoms with van der Waals surface area (Å²) in [6.45, 7) is 6.24. The van der Waals surface area contributed by atoms with E-state index in [-0.39, 0.29) is 5.41 Å². The van der Waals surface area contributed by atoms with Crippen LogP contribution in [0.25, 0.3) is 6.20 Å². The summed E-state index contributed by atoms with van der Waals surface area (Å²) in [7, 11) is 0. The van der Waals surface area contributed by atoms with Crippen LogP contribution in [0, 0.1) is 0 Å².